The molecular weight excluding hydrogens is 318 g/mol. The highest BCUT2D eigenvalue weighted by Gasteiger charge is 2.34. The van der Waals surface area contributed by atoms with Crippen molar-refractivity contribution in [2.45, 2.75) is 25.2 Å². The summed E-state index contributed by atoms with van der Waals surface area (Å²) in [4.78, 5) is 0.364. The second-order valence-corrected chi connectivity index (χ2v) is 8.10. The van der Waals surface area contributed by atoms with Gasteiger partial charge in [0.1, 0.15) is 0 Å². The Bertz CT molecular complexity index is 938. The van der Waals surface area contributed by atoms with E-state index < -0.39 is 10.0 Å². The van der Waals surface area contributed by atoms with Crippen molar-refractivity contribution >= 4 is 21.3 Å². The van der Waals surface area contributed by atoms with Crippen molar-refractivity contribution in [3.05, 3.63) is 77.4 Å². The molecule has 3 nitrogen and oxygen atoms in total. The molecule has 4 heteroatoms. The maximum Gasteiger partial charge on any atom is 0.264 e. The molecule has 0 aromatic heterocycles. The van der Waals surface area contributed by atoms with Gasteiger partial charge in [-0.15, -0.1) is 6.58 Å². The SMILES string of the molecule is C=CCC1=C(c2ccc(C)cc2)N(C)S(=O)(=O)c2ccc(C)cc21. The third-order valence-electron chi connectivity index (χ3n) is 4.37. The molecule has 0 amide bonds. The monoisotopic (exact) mass is 339 g/mol. The lowest BCUT2D eigenvalue weighted by Crippen LogP contribution is -2.30. The van der Waals surface area contributed by atoms with E-state index in [2.05, 4.69) is 6.58 Å². The van der Waals surface area contributed by atoms with E-state index in [-0.39, 0.29) is 0 Å². The molecule has 124 valence electrons. The normalized spacial score (nSPS) is 16.0. The third-order valence-corrected chi connectivity index (χ3v) is 6.19. The highest BCUT2D eigenvalue weighted by Crippen LogP contribution is 2.42. The van der Waals surface area contributed by atoms with Crippen LogP contribution in [0.1, 0.15) is 28.7 Å². The predicted molar refractivity (Wildman–Crippen MR) is 98.9 cm³/mol. The van der Waals surface area contributed by atoms with Crippen molar-refractivity contribution in [3.8, 4) is 0 Å². The van der Waals surface area contributed by atoms with Gasteiger partial charge in [-0.1, -0.05) is 53.6 Å². The second kappa shape index (κ2) is 5.95. The van der Waals surface area contributed by atoms with Gasteiger partial charge in [0.25, 0.3) is 10.0 Å². The zero-order chi connectivity index (χ0) is 17.5. The lowest BCUT2D eigenvalue weighted by molar-refractivity contribution is 0.543. The quantitative estimate of drug-likeness (QED) is 0.778. The Labute approximate surface area is 144 Å². The molecule has 2 aromatic rings. The molecule has 0 saturated carbocycles. The van der Waals surface area contributed by atoms with Crippen molar-refractivity contribution < 1.29 is 8.42 Å². The molecule has 0 bridgehead atoms. The Kier molecular flexibility index (Phi) is 4.10. The van der Waals surface area contributed by atoms with E-state index in [1.165, 1.54) is 4.31 Å². The van der Waals surface area contributed by atoms with Gasteiger partial charge in [-0.05, 0) is 37.5 Å². The summed E-state index contributed by atoms with van der Waals surface area (Å²) in [6.45, 7) is 7.84. The van der Waals surface area contributed by atoms with Gasteiger partial charge >= 0.3 is 0 Å². The molecule has 0 radical (unpaired) electrons. The predicted octanol–water partition coefficient (Wildman–Crippen LogP) is 4.38. The van der Waals surface area contributed by atoms with E-state index >= 15 is 0 Å². The molecule has 1 aliphatic heterocycles. The van der Waals surface area contributed by atoms with E-state index in [1.807, 2.05) is 56.3 Å². The molecule has 0 atom stereocenters. The molecule has 0 aliphatic carbocycles. The first-order valence-corrected chi connectivity index (χ1v) is 9.31. The van der Waals surface area contributed by atoms with Gasteiger partial charge in [-0.25, -0.2) is 8.42 Å². The van der Waals surface area contributed by atoms with Crippen molar-refractivity contribution in [2.75, 3.05) is 7.05 Å². The van der Waals surface area contributed by atoms with Crippen LogP contribution in [-0.2, 0) is 10.0 Å². The Balaban J connectivity index is 2.38. The molecule has 3 rings (SSSR count). The van der Waals surface area contributed by atoms with Gasteiger partial charge in [-0.3, -0.25) is 4.31 Å². The Hall–Kier alpha value is -2.33. The Morgan fingerprint density at radius 3 is 2.29 bits per heavy atom. The molecule has 0 saturated heterocycles. The van der Waals surface area contributed by atoms with Gasteiger partial charge in [0, 0.05) is 12.6 Å². The molecule has 1 heterocycles. The van der Waals surface area contributed by atoms with Gasteiger partial charge < -0.3 is 0 Å². The van der Waals surface area contributed by atoms with Gasteiger partial charge in [0.2, 0.25) is 0 Å². The third kappa shape index (κ3) is 2.57. The number of hydrogen-bond donors (Lipinski definition) is 0. The van der Waals surface area contributed by atoms with Crippen LogP contribution in [0.4, 0.5) is 0 Å². The topological polar surface area (TPSA) is 37.4 Å². The van der Waals surface area contributed by atoms with Gasteiger partial charge in [-0.2, -0.15) is 0 Å². The maximum atomic E-state index is 13.0. The highest BCUT2D eigenvalue weighted by atomic mass is 32.2. The van der Waals surface area contributed by atoms with Crippen LogP contribution in [0.3, 0.4) is 0 Å². The molecule has 0 spiro atoms. The fourth-order valence-corrected chi connectivity index (χ4v) is 4.56. The lowest BCUT2D eigenvalue weighted by atomic mass is 9.95. The fraction of sp³-hybridized carbons (Fsp3) is 0.200. The average Bonchev–Trinajstić information content (AvgIpc) is 2.54. The molecule has 0 unspecified atom stereocenters. The summed E-state index contributed by atoms with van der Waals surface area (Å²) in [5.41, 5.74) is 5.58. The van der Waals surface area contributed by atoms with Crippen molar-refractivity contribution in [2.24, 2.45) is 0 Å². The number of sulfonamides is 1. The standard InChI is InChI=1S/C20H21NO2S/c1-5-6-17-18-13-15(3)9-12-19(18)24(22,23)21(4)20(17)16-10-7-14(2)8-11-16/h5,7-13H,1,6H2,2-4H3. The summed E-state index contributed by atoms with van der Waals surface area (Å²) in [6, 6.07) is 13.4. The molecular formula is C20H21NO2S. The van der Waals surface area contributed by atoms with Crippen LogP contribution in [0.15, 0.2) is 60.0 Å². The average molecular weight is 339 g/mol. The van der Waals surface area contributed by atoms with Crippen molar-refractivity contribution in [3.63, 3.8) is 0 Å². The zero-order valence-electron chi connectivity index (χ0n) is 14.2. The highest BCUT2D eigenvalue weighted by molar-refractivity contribution is 7.89. The lowest BCUT2D eigenvalue weighted by Gasteiger charge is -2.32. The van der Waals surface area contributed by atoms with Gasteiger partial charge in [0.15, 0.2) is 0 Å². The van der Waals surface area contributed by atoms with E-state index in [4.69, 9.17) is 0 Å². The number of aryl methyl sites for hydroxylation is 2. The summed E-state index contributed by atoms with van der Waals surface area (Å²) >= 11 is 0. The number of hydrogen-bond acceptors (Lipinski definition) is 2. The molecule has 24 heavy (non-hydrogen) atoms. The van der Waals surface area contributed by atoms with Crippen LogP contribution in [0.5, 0.6) is 0 Å². The van der Waals surface area contributed by atoms with Crippen molar-refractivity contribution in [1.82, 2.24) is 4.31 Å². The molecule has 1 aliphatic rings. The van der Waals surface area contributed by atoms with E-state index in [9.17, 15) is 8.42 Å². The summed E-state index contributed by atoms with van der Waals surface area (Å²) < 4.78 is 27.4. The maximum absolute atomic E-state index is 13.0. The minimum Gasteiger partial charge on any atom is -0.268 e. The minimum atomic E-state index is -3.56. The summed E-state index contributed by atoms with van der Waals surface area (Å²) in [7, 11) is -1.93. The first kappa shape index (κ1) is 16.5. The second-order valence-electron chi connectivity index (χ2n) is 6.16. The molecule has 2 aromatic carbocycles. The van der Waals surface area contributed by atoms with Crippen LogP contribution in [0, 0.1) is 13.8 Å². The Morgan fingerprint density at radius 2 is 1.67 bits per heavy atom. The van der Waals surface area contributed by atoms with E-state index in [1.54, 1.807) is 13.1 Å². The van der Waals surface area contributed by atoms with Crippen LogP contribution in [-0.4, -0.2) is 19.8 Å². The summed E-state index contributed by atoms with van der Waals surface area (Å²) in [6.07, 6.45) is 2.43. The smallest absolute Gasteiger partial charge is 0.264 e. The van der Waals surface area contributed by atoms with E-state index in [0.717, 1.165) is 33.5 Å². The number of benzene rings is 2. The number of rotatable bonds is 3. The molecule has 0 fully saturated rings. The van der Waals surface area contributed by atoms with Crippen LogP contribution in [0.2, 0.25) is 0 Å². The van der Waals surface area contributed by atoms with Crippen LogP contribution < -0.4 is 0 Å². The first-order valence-electron chi connectivity index (χ1n) is 7.87. The summed E-state index contributed by atoms with van der Waals surface area (Å²) in [5.74, 6) is 0. The first-order chi connectivity index (χ1) is 11.4. The van der Waals surface area contributed by atoms with Crippen molar-refractivity contribution in [1.29, 1.82) is 0 Å². The van der Waals surface area contributed by atoms with Crippen LogP contribution in [0.25, 0.3) is 11.3 Å². The minimum absolute atomic E-state index is 0.364. The summed E-state index contributed by atoms with van der Waals surface area (Å²) in [5, 5.41) is 0. The Morgan fingerprint density at radius 1 is 1.04 bits per heavy atom. The fourth-order valence-electron chi connectivity index (χ4n) is 3.11. The number of fused-ring (bicyclic) bond motifs is 1. The largest absolute Gasteiger partial charge is 0.268 e. The molecule has 0 N–H and O–H groups in total. The number of nitrogens with zero attached hydrogens (tertiary/aromatic N) is 1. The van der Waals surface area contributed by atoms with Crippen LogP contribution >= 0.6 is 0 Å². The van der Waals surface area contributed by atoms with E-state index in [0.29, 0.717) is 11.3 Å². The zero-order valence-corrected chi connectivity index (χ0v) is 15.0. The van der Waals surface area contributed by atoms with Gasteiger partial charge in [0.05, 0.1) is 10.6 Å². The number of allylic oxidation sites excluding steroid dienone is 2.